The van der Waals surface area contributed by atoms with E-state index in [9.17, 15) is 0 Å². The summed E-state index contributed by atoms with van der Waals surface area (Å²) in [5.41, 5.74) is 8.27. The van der Waals surface area contributed by atoms with E-state index in [4.69, 9.17) is 26.8 Å². The summed E-state index contributed by atoms with van der Waals surface area (Å²) in [6.07, 6.45) is 0.831. The number of benzene rings is 2. The fourth-order valence-electron chi connectivity index (χ4n) is 2.61. The van der Waals surface area contributed by atoms with Crippen molar-refractivity contribution in [3.8, 4) is 11.5 Å². The Hall–Kier alpha value is -1.71. The van der Waals surface area contributed by atoms with E-state index in [1.54, 1.807) is 7.11 Å². The molecular formula is C20H26ClNO2. The topological polar surface area (TPSA) is 44.5 Å². The van der Waals surface area contributed by atoms with Gasteiger partial charge in [0.05, 0.1) is 13.7 Å². The first kappa shape index (κ1) is 18.6. The van der Waals surface area contributed by atoms with Crippen LogP contribution in [0.2, 0.25) is 5.02 Å². The normalized spacial score (nSPS) is 12.2. The third-order valence-electron chi connectivity index (χ3n) is 3.90. The molecular weight excluding hydrogens is 322 g/mol. The van der Waals surface area contributed by atoms with Crippen molar-refractivity contribution < 1.29 is 9.47 Å². The lowest BCUT2D eigenvalue weighted by molar-refractivity contribution is 0.271. The van der Waals surface area contributed by atoms with Crippen molar-refractivity contribution in [2.45, 2.75) is 26.2 Å². The molecule has 24 heavy (non-hydrogen) atoms. The first-order chi connectivity index (χ1) is 11.5. The average Bonchev–Trinajstić information content (AvgIpc) is 2.58. The van der Waals surface area contributed by atoms with Crippen LogP contribution in [0, 0.1) is 5.92 Å². The molecule has 1 unspecified atom stereocenters. The maximum atomic E-state index is 6.15. The number of hydrogen-bond acceptors (Lipinski definition) is 3. The molecule has 0 radical (unpaired) electrons. The quantitative estimate of drug-likeness (QED) is 0.754. The van der Waals surface area contributed by atoms with Gasteiger partial charge in [-0.05, 0) is 54.8 Å². The maximum absolute atomic E-state index is 6.15. The van der Waals surface area contributed by atoms with Gasteiger partial charge in [-0.1, -0.05) is 37.6 Å². The lowest BCUT2D eigenvalue weighted by Crippen LogP contribution is -2.16. The molecule has 0 aliphatic rings. The minimum absolute atomic E-state index is 0.154. The van der Waals surface area contributed by atoms with E-state index in [-0.39, 0.29) is 5.92 Å². The van der Waals surface area contributed by atoms with E-state index in [2.05, 4.69) is 26.0 Å². The zero-order chi connectivity index (χ0) is 17.5. The molecule has 0 fully saturated rings. The summed E-state index contributed by atoms with van der Waals surface area (Å²) in [5, 5.41) is 0.696. The van der Waals surface area contributed by atoms with Crippen molar-refractivity contribution >= 4 is 11.6 Å². The highest BCUT2D eigenvalue weighted by atomic mass is 35.5. The third kappa shape index (κ3) is 5.15. The van der Waals surface area contributed by atoms with Crippen molar-refractivity contribution in [3.63, 3.8) is 0 Å². The summed E-state index contributed by atoms with van der Waals surface area (Å²) >= 11 is 6.15. The van der Waals surface area contributed by atoms with E-state index < -0.39 is 0 Å². The zero-order valence-electron chi connectivity index (χ0n) is 14.6. The van der Waals surface area contributed by atoms with Gasteiger partial charge in [-0.2, -0.15) is 0 Å². The van der Waals surface area contributed by atoms with Crippen LogP contribution < -0.4 is 15.2 Å². The van der Waals surface area contributed by atoms with Crippen LogP contribution in [0.5, 0.6) is 11.5 Å². The van der Waals surface area contributed by atoms with Crippen LogP contribution in [-0.4, -0.2) is 20.3 Å². The van der Waals surface area contributed by atoms with Crippen LogP contribution >= 0.6 is 11.6 Å². The number of hydrogen-bond donors (Lipinski definition) is 1. The molecule has 0 saturated heterocycles. The van der Waals surface area contributed by atoms with Gasteiger partial charge in [0.1, 0.15) is 11.5 Å². The Labute approximate surface area is 149 Å². The summed E-state index contributed by atoms with van der Waals surface area (Å²) in [6, 6.07) is 13.9. The molecule has 0 saturated carbocycles. The SMILES string of the molecule is COc1ccc(Cl)cc1C(CN)Cc1ccc(OCC(C)C)cc1. The average molecular weight is 348 g/mol. The zero-order valence-corrected chi connectivity index (χ0v) is 15.3. The molecule has 2 rings (SSSR count). The van der Waals surface area contributed by atoms with Crippen LogP contribution in [0.1, 0.15) is 30.9 Å². The minimum Gasteiger partial charge on any atom is -0.496 e. The second-order valence-electron chi connectivity index (χ2n) is 6.37. The predicted molar refractivity (Wildman–Crippen MR) is 100 cm³/mol. The first-order valence-electron chi connectivity index (χ1n) is 8.28. The van der Waals surface area contributed by atoms with E-state index in [0.717, 1.165) is 30.1 Å². The monoisotopic (exact) mass is 347 g/mol. The Balaban J connectivity index is 2.11. The van der Waals surface area contributed by atoms with Gasteiger partial charge in [-0.25, -0.2) is 0 Å². The predicted octanol–water partition coefficient (Wildman–Crippen LogP) is 4.67. The standard InChI is InChI=1S/C20H26ClNO2/c1-14(2)13-24-18-7-4-15(5-8-18)10-16(12-22)19-11-17(21)6-9-20(19)23-3/h4-9,11,14,16H,10,12-13,22H2,1-3H3. The number of ether oxygens (including phenoxy) is 2. The second-order valence-corrected chi connectivity index (χ2v) is 6.81. The fraction of sp³-hybridized carbons (Fsp3) is 0.400. The number of nitrogens with two attached hydrogens (primary N) is 1. The number of rotatable bonds is 8. The van der Waals surface area contributed by atoms with E-state index in [0.29, 0.717) is 17.5 Å². The number of halogens is 1. The maximum Gasteiger partial charge on any atom is 0.122 e. The summed E-state index contributed by atoms with van der Waals surface area (Å²) in [6.45, 7) is 5.53. The van der Waals surface area contributed by atoms with Gasteiger partial charge in [0.15, 0.2) is 0 Å². The van der Waals surface area contributed by atoms with Crippen molar-refractivity contribution in [2.75, 3.05) is 20.3 Å². The molecule has 4 heteroatoms. The van der Waals surface area contributed by atoms with Crippen molar-refractivity contribution in [1.29, 1.82) is 0 Å². The van der Waals surface area contributed by atoms with Crippen LogP contribution in [0.15, 0.2) is 42.5 Å². The molecule has 0 bridgehead atoms. The molecule has 1 atom stereocenters. The van der Waals surface area contributed by atoms with Crippen LogP contribution in [-0.2, 0) is 6.42 Å². The van der Waals surface area contributed by atoms with Gasteiger partial charge < -0.3 is 15.2 Å². The van der Waals surface area contributed by atoms with E-state index >= 15 is 0 Å². The Morgan fingerprint density at radius 1 is 1.08 bits per heavy atom. The largest absolute Gasteiger partial charge is 0.496 e. The Morgan fingerprint density at radius 2 is 1.79 bits per heavy atom. The van der Waals surface area contributed by atoms with Crippen molar-refractivity contribution in [3.05, 3.63) is 58.6 Å². The number of methoxy groups -OCH3 is 1. The van der Waals surface area contributed by atoms with Crippen molar-refractivity contribution in [2.24, 2.45) is 11.7 Å². The molecule has 2 aromatic rings. The van der Waals surface area contributed by atoms with Gasteiger partial charge in [0, 0.05) is 16.5 Å². The summed E-state index contributed by atoms with van der Waals surface area (Å²) in [7, 11) is 1.67. The van der Waals surface area contributed by atoms with Gasteiger partial charge in [-0.15, -0.1) is 0 Å². The minimum atomic E-state index is 0.154. The van der Waals surface area contributed by atoms with Crippen LogP contribution in [0.25, 0.3) is 0 Å². The highest BCUT2D eigenvalue weighted by Crippen LogP contribution is 2.31. The smallest absolute Gasteiger partial charge is 0.122 e. The molecule has 3 nitrogen and oxygen atoms in total. The molecule has 2 N–H and O–H groups in total. The molecule has 2 aromatic carbocycles. The molecule has 0 aliphatic heterocycles. The third-order valence-corrected chi connectivity index (χ3v) is 4.14. The van der Waals surface area contributed by atoms with E-state index in [1.807, 2.05) is 30.3 Å². The molecule has 0 aliphatic carbocycles. The Bertz CT molecular complexity index is 641. The van der Waals surface area contributed by atoms with Gasteiger partial charge in [0.25, 0.3) is 0 Å². The highest BCUT2D eigenvalue weighted by Gasteiger charge is 2.16. The lowest BCUT2D eigenvalue weighted by atomic mass is 9.91. The fourth-order valence-corrected chi connectivity index (χ4v) is 2.79. The second kappa shape index (κ2) is 8.95. The molecule has 0 aromatic heterocycles. The molecule has 0 heterocycles. The molecule has 0 spiro atoms. The van der Waals surface area contributed by atoms with Crippen LogP contribution in [0.4, 0.5) is 0 Å². The summed E-state index contributed by atoms with van der Waals surface area (Å²) < 4.78 is 11.2. The Morgan fingerprint density at radius 3 is 2.38 bits per heavy atom. The summed E-state index contributed by atoms with van der Waals surface area (Å²) in [5.74, 6) is 2.39. The van der Waals surface area contributed by atoms with Gasteiger partial charge >= 0.3 is 0 Å². The van der Waals surface area contributed by atoms with Gasteiger partial charge in [-0.3, -0.25) is 0 Å². The summed E-state index contributed by atoms with van der Waals surface area (Å²) in [4.78, 5) is 0. The Kier molecular flexibility index (Phi) is 6.95. The molecule has 130 valence electrons. The van der Waals surface area contributed by atoms with Crippen molar-refractivity contribution in [1.82, 2.24) is 0 Å². The van der Waals surface area contributed by atoms with Crippen LogP contribution in [0.3, 0.4) is 0 Å². The first-order valence-corrected chi connectivity index (χ1v) is 8.66. The highest BCUT2D eigenvalue weighted by molar-refractivity contribution is 6.30. The molecule has 0 amide bonds. The van der Waals surface area contributed by atoms with E-state index in [1.165, 1.54) is 5.56 Å². The lowest BCUT2D eigenvalue weighted by Gasteiger charge is -2.19. The van der Waals surface area contributed by atoms with Gasteiger partial charge in [0.2, 0.25) is 0 Å².